The maximum absolute atomic E-state index is 12.2. The molecule has 1 aromatic heterocycles. The number of nitrogens with one attached hydrogen (secondary N) is 2. The molecule has 0 bridgehead atoms. The van der Waals surface area contributed by atoms with Crippen LogP contribution in [0.15, 0.2) is 36.4 Å². The van der Waals surface area contributed by atoms with Crippen molar-refractivity contribution in [2.45, 2.75) is 26.2 Å². The molecule has 140 valence electrons. The SMILES string of the molecule is CC1CCc2sc(C(=O)NNC(=O)C=Cc3cccc([N+](=O)[O-])c3)cc2C1. The summed E-state index contributed by atoms with van der Waals surface area (Å²) >= 11 is 1.47. The van der Waals surface area contributed by atoms with Crippen molar-refractivity contribution < 1.29 is 14.5 Å². The molecule has 1 unspecified atom stereocenters. The summed E-state index contributed by atoms with van der Waals surface area (Å²) < 4.78 is 0. The molecule has 1 aliphatic carbocycles. The molecular formula is C19H19N3O4S. The maximum atomic E-state index is 12.2. The Kier molecular flexibility index (Phi) is 5.66. The van der Waals surface area contributed by atoms with Crippen molar-refractivity contribution in [2.24, 2.45) is 5.92 Å². The van der Waals surface area contributed by atoms with Crippen molar-refractivity contribution >= 4 is 34.9 Å². The summed E-state index contributed by atoms with van der Waals surface area (Å²) in [7, 11) is 0. The Balaban J connectivity index is 1.55. The highest BCUT2D eigenvalue weighted by atomic mass is 32.1. The largest absolute Gasteiger partial charge is 0.279 e. The summed E-state index contributed by atoms with van der Waals surface area (Å²) in [5.41, 5.74) is 6.41. The highest BCUT2D eigenvalue weighted by molar-refractivity contribution is 7.14. The van der Waals surface area contributed by atoms with Gasteiger partial charge in [-0.2, -0.15) is 0 Å². The van der Waals surface area contributed by atoms with Crippen molar-refractivity contribution in [3.8, 4) is 0 Å². The number of fused-ring (bicyclic) bond motifs is 1. The minimum absolute atomic E-state index is 0.0539. The first kappa shape index (κ1) is 18.8. The number of hydrogen-bond donors (Lipinski definition) is 2. The second kappa shape index (κ2) is 8.13. The van der Waals surface area contributed by atoms with Crippen molar-refractivity contribution in [3.63, 3.8) is 0 Å². The van der Waals surface area contributed by atoms with E-state index in [-0.39, 0.29) is 11.6 Å². The highest BCUT2D eigenvalue weighted by Crippen LogP contribution is 2.32. The quantitative estimate of drug-likeness (QED) is 0.479. The van der Waals surface area contributed by atoms with Gasteiger partial charge in [0.1, 0.15) is 0 Å². The fourth-order valence-electron chi connectivity index (χ4n) is 2.95. The second-order valence-corrected chi connectivity index (χ2v) is 7.67. The molecule has 0 aliphatic heterocycles. The summed E-state index contributed by atoms with van der Waals surface area (Å²) in [5, 5.41) is 10.8. The van der Waals surface area contributed by atoms with E-state index in [0.717, 1.165) is 19.3 Å². The summed E-state index contributed by atoms with van der Waals surface area (Å²) in [5.74, 6) is -0.245. The lowest BCUT2D eigenvalue weighted by molar-refractivity contribution is -0.384. The monoisotopic (exact) mass is 385 g/mol. The van der Waals surface area contributed by atoms with Crippen molar-refractivity contribution in [1.82, 2.24) is 10.9 Å². The summed E-state index contributed by atoms with van der Waals surface area (Å²) in [6.07, 6.45) is 5.76. The van der Waals surface area contributed by atoms with Crippen LogP contribution in [-0.4, -0.2) is 16.7 Å². The number of thiophene rings is 1. The van der Waals surface area contributed by atoms with E-state index >= 15 is 0 Å². The van der Waals surface area contributed by atoms with E-state index in [9.17, 15) is 19.7 Å². The predicted molar refractivity (Wildman–Crippen MR) is 103 cm³/mol. The number of benzene rings is 1. The lowest BCUT2D eigenvalue weighted by Crippen LogP contribution is -2.40. The Morgan fingerprint density at radius 1 is 1.30 bits per heavy atom. The lowest BCUT2D eigenvalue weighted by atomic mass is 9.90. The molecule has 2 aromatic rings. The van der Waals surface area contributed by atoms with Crippen molar-refractivity contribution in [2.75, 3.05) is 0 Å². The Labute approximate surface area is 160 Å². The molecule has 1 aliphatic rings. The van der Waals surface area contributed by atoms with Gasteiger partial charge in [0.15, 0.2) is 0 Å². The summed E-state index contributed by atoms with van der Waals surface area (Å²) in [4.78, 5) is 36.2. The van der Waals surface area contributed by atoms with E-state index in [1.165, 1.54) is 52.1 Å². The topological polar surface area (TPSA) is 101 Å². The van der Waals surface area contributed by atoms with E-state index in [4.69, 9.17) is 0 Å². The number of nitrogens with zero attached hydrogens (tertiary/aromatic N) is 1. The third-order valence-corrected chi connectivity index (χ3v) is 5.60. The Hall–Kier alpha value is -3.00. The molecule has 0 saturated carbocycles. The molecule has 1 atom stereocenters. The van der Waals surface area contributed by atoms with E-state index < -0.39 is 10.8 Å². The van der Waals surface area contributed by atoms with Gasteiger partial charge in [0.2, 0.25) is 0 Å². The van der Waals surface area contributed by atoms with Gasteiger partial charge in [-0.1, -0.05) is 19.1 Å². The van der Waals surface area contributed by atoms with Crippen LogP contribution in [0, 0.1) is 16.0 Å². The third-order valence-electron chi connectivity index (χ3n) is 4.36. The third kappa shape index (κ3) is 4.79. The van der Waals surface area contributed by atoms with Crippen LogP contribution in [0.2, 0.25) is 0 Å². The zero-order chi connectivity index (χ0) is 19.4. The van der Waals surface area contributed by atoms with Gasteiger partial charge >= 0.3 is 0 Å². The molecule has 7 nitrogen and oxygen atoms in total. The molecule has 8 heteroatoms. The first-order valence-electron chi connectivity index (χ1n) is 8.57. The lowest BCUT2D eigenvalue weighted by Gasteiger charge is -2.16. The molecule has 0 fully saturated rings. The molecule has 3 rings (SSSR count). The molecule has 27 heavy (non-hydrogen) atoms. The van der Waals surface area contributed by atoms with Crippen LogP contribution in [-0.2, 0) is 17.6 Å². The number of rotatable bonds is 4. The van der Waals surface area contributed by atoms with Gasteiger partial charge in [-0.05, 0) is 48.4 Å². The average Bonchev–Trinajstić information content (AvgIpc) is 3.07. The van der Waals surface area contributed by atoms with Gasteiger partial charge in [0.05, 0.1) is 9.80 Å². The number of carbonyl (C=O) groups is 2. The van der Waals surface area contributed by atoms with E-state index in [1.807, 2.05) is 6.07 Å². The van der Waals surface area contributed by atoms with Crippen LogP contribution in [0.4, 0.5) is 5.69 Å². The van der Waals surface area contributed by atoms with E-state index in [2.05, 4.69) is 17.8 Å². The Morgan fingerprint density at radius 3 is 2.89 bits per heavy atom. The van der Waals surface area contributed by atoms with Gasteiger partial charge in [-0.3, -0.25) is 30.6 Å². The normalized spacial score (nSPS) is 16.0. The first-order valence-corrected chi connectivity index (χ1v) is 9.38. The minimum Gasteiger partial charge on any atom is -0.268 e. The molecule has 1 heterocycles. The molecule has 2 N–H and O–H groups in total. The smallest absolute Gasteiger partial charge is 0.268 e. The summed E-state index contributed by atoms with van der Waals surface area (Å²) in [6.45, 7) is 2.20. The molecule has 0 saturated heterocycles. The molecule has 2 amide bonds. The van der Waals surface area contributed by atoms with Crippen molar-refractivity contribution in [1.29, 1.82) is 0 Å². The molecule has 0 spiro atoms. The Bertz CT molecular complexity index is 919. The fraction of sp³-hybridized carbons (Fsp3) is 0.263. The van der Waals surface area contributed by atoms with Crippen molar-refractivity contribution in [3.05, 3.63) is 67.4 Å². The number of nitro groups is 1. The van der Waals surface area contributed by atoms with Crippen LogP contribution in [0.5, 0.6) is 0 Å². The van der Waals surface area contributed by atoms with Crippen LogP contribution in [0.1, 0.15) is 39.0 Å². The van der Waals surface area contributed by atoms with Gasteiger partial charge in [0, 0.05) is 23.1 Å². The number of non-ortho nitro benzene ring substituents is 1. The van der Waals surface area contributed by atoms with Gasteiger partial charge in [-0.15, -0.1) is 11.3 Å². The average molecular weight is 385 g/mol. The molecule has 1 aromatic carbocycles. The fourth-order valence-corrected chi connectivity index (χ4v) is 4.06. The predicted octanol–water partition coefficient (Wildman–Crippen LogP) is 3.26. The number of aryl methyl sites for hydroxylation is 1. The number of hydrogen-bond acceptors (Lipinski definition) is 5. The first-order chi connectivity index (χ1) is 12.9. The number of carbonyl (C=O) groups excluding carboxylic acids is 2. The van der Waals surface area contributed by atoms with Crippen LogP contribution >= 0.6 is 11.3 Å². The van der Waals surface area contributed by atoms with Gasteiger partial charge in [-0.25, -0.2) is 0 Å². The Morgan fingerprint density at radius 2 is 2.11 bits per heavy atom. The second-order valence-electron chi connectivity index (χ2n) is 6.54. The van der Waals surface area contributed by atoms with E-state index in [1.54, 1.807) is 6.07 Å². The highest BCUT2D eigenvalue weighted by Gasteiger charge is 2.20. The van der Waals surface area contributed by atoms with Gasteiger partial charge < -0.3 is 0 Å². The molecule has 0 radical (unpaired) electrons. The van der Waals surface area contributed by atoms with E-state index in [0.29, 0.717) is 16.4 Å². The van der Waals surface area contributed by atoms with Crippen LogP contribution in [0.3, 0.4) is 0 Å². The number of nitro benzene ring substituents is 1. The molecular weight excluding hydrogens is 366 g/mol. The van der Waals surface area contributed by atoms with Crippen LogP contribution < -0.4 is 10.9 Å². The standard InChI is InChI=1S/C19H19N3O4S/c1-12-5-7-16-14(9-12)11-17(27-16)19(24)21-20-18(23)8-6-13-3-2-4-15(10-13)22(25)26/h2-4,6,8,10-12H,5,7,9H2,1H3,(H,20,23)(H,21,24). The maximum Gasteiger partial charge on any atom is 0.279 e. The number of amides is 2. The minimum atomic E-state index is -0.523. The zero-order valence-electron chi connectivity index (χ0n) is 14.7. The van der Waals surface area contributed by atoms with Crippen LogP contribution in [0.25, 0.3) is 6.08 Å². The number of hydrazine groups is 1. The van der Waals surface area contributed by atoms with Gasteiger partial charge in [0.25, 0.3) is 17.5 Å². The summed E-state index contributed by atoms with van der Waals surface area (Å²) in [6, 6.07) is 7.82. The zero-order valence-corrected chi connectivity index (χ0v) is 15.5.